The van der Waals surface area contributed by atoms with E-state index in [0.717, 1.165) is 4.68 Å². The molecule has 0 bridgehead atoms. The van der Waals surface area contributed by atoms with Crippen molar-refractivity contribution in [3.63, 3.8) is 0 Å². The van der Waals surface area contributed by atoms with E-state index in [0.29, 0.717) is 5.69 Å². The van der Waals surface area contributed by atoms with Crippen LogP contribution >= 0.6 is 0 Å². The van der Waals surface area contributed by atoms with Gasteiger partial charge in [-0.3, -0.25) is 0 Å². The maximum atomic E-state index is 11.1. The van der Waals surface area contributed by atoms with Gasteiger partial charge in [-0.05, 0) is 28.6 Å². The highest BCUT2D eigenvalue weighted by atomic mass is 16.4. The van der Waals surface area contributed by atoms with Crippen molar-refractivity contribution in [1.82, 2.24) is 20.2 Å². The summed E-state index contributed by atoms with van der Waals surface area (Å²) in [6, 6.07) is 5.86. The van der Waals surface area contributed by atoms with Gasteiger partial charge in [-0.1, -0.05) is 6.07 Å². The molecule has 0 fully saturated rings. The Balaban J connectivity index is 2.55. The number of aromatic nitrogens is 4. The van der Waals surface area contributed by atoms with Crippen molar-refractivity contribution in [2.24, 2.45) is 0 Å². The average molecular weight is 206 g/mol. The Morgan fingerprint density at radius 2 is 2.27 bits per heavy atom. The summed E-state index contributed by atoms with van der Waals surface area (Å²) in [6.45, 7) is 0. The summed E-state index contributed by atoms with van der Waals surface area (Å²) in [5.74, 6) is -1.06. The molecule has 76 valence electrons. The average Bonchev–Trinajstić information content (AvgIpc) is 2.64. The standard InChI is InChI=1S/C8H6N4O3/c13-7(14)5-2-1-3-6(4-5)12-8(15)9-10-11-12/h1-4H,(H,13,14)(H,9,11,15). The zero-order valence-corrected chi connectivity index (χ0v) is 7.41. The molecule has 0 aliphatic heterocycles. The second-order valence-corrected chi connectivity index (χ2v) is 2.77. The molecule has 2 aromatic rings. The summed E-state index contributed by atoms with van der Waals surface area (Å²) in [6.07, 6.45) is 0. The van der Waals surface area contributed by atoms with Crippen molar-refractivity contribution in [3.8, 4) is 5.69 Å². The number of hydrogen-bond donors (Lipinski definition) is 2. The van der Waals surface area contributed by atoms with Crippen molar-refractivity contribution in [2.75, 3.05) is 0 Å². The first-order valence-electron chi connectivity index (χ1n) is 4.02. The Morgan fingerprint density at radius 3 is 2.87 bits per heavy atom. The summed E-state index contributed by atoms with van der Waals surface area (Å²) < 4.78 is 0.979. The molecule has 0 saturated carbocycles. The number of tetrazole rings is 1. The number of benzene rings is 1. The third kappa shape index (κ3) is 1.62. The molecule has 1 heterocycles. The number of carboxylic acids is 1. The van der Waals surface area contributed by atoms with E-state index in [1.54, 1.807) is 6.07 Å². The van der Waals surface area contributed by atoms with Crippen LogP contribution in [0.25, 0.3) is 5.69 Å². The number of aromatic carboxylic acids is 1. The smallest absolute Gasteiger partial charge is 0.365 e. The van der Waals surface area contributed by atoms with Gasteiger partial charge in [-0.25, -0.2) is 14.7 Å². The third-order valence-corrected chi connectivity index (χ3v) is 1.81. The van der Waals surface area contributed by atoms with E-state index in [2.05, 4.69) is 15.5 Å². The zero-order valence-electron chi connectivity index (χ0n) is 7.41. The van der Waals surface area contributed by atoms with Crippen LogP contribution in [0.4, 0.5) is 0 Å². The number of carboxylic acid groups (broad SMARTS) is 1. The topological polar surface area (TPSA) is 101 Å². The first kappa shape index (κ1) is 9.13. The zero-order chi connectivity index (χ0) is 10.8. The first-order chi connectivity index (χ1) is 7.18. The molecular formula is C8H6N4O3. The van der Waals surface area contributed by atoms with Crippen LogP contribution in [0.3, 0.4) is 0 Å². The highest BCUT2D eigenvalue weighted by Gasteiger charge is 2.06. The number of nitrogens with zero attached hydrogens (tertiary/aromatic N) is 3. The van der Waals surface area contributed by atoms with E-state index in [1.807, 2.05) is 0 Å². The maximum absolute atomic E-state index is 11.1. The van der Waals surface area contributed by atoms with Crippen LogP contribution in [-0.4, -0.2) is 31.3 Å². The summed E-state index contributed by atoms with van der Waals surface area (Å²) in [5.41, 5.74) is -0.0754. The molecule has 0 atom stereocenters. The van der Waals surface area contributed by atoms with Crippen molar-refractivity contribution in [2.45, 2.75) is 0 Å². The Hall–Kier alpha value is -2.44. The molecule has 0 spiro atoms. The number of aromatic amines is 1. The van der Waals surface area contributed by atoms with E-state index in [9.17, 15) is 9.59 Å². The molecule has 0 unspecified atom stereocenters. The van der Waals surface area contributed by atoms with Crippen LogP contribution < -0.4 is 5.69 Å². The molecule has 0 aliphatic carbocycles. The van der Waals surface area contributed by atoms with Gasteiger partial charge in [0.15, 0.2) is 0 Å². The van der Waals surface area contributed by atoms with E-state index in [4.69, 9.17) is 5.11 Å². The number of carbonyl (C=O) groups is 1. The van der Waals surface area contributed by atoms with Gasteiger partial charge in [-0.15, -0.1) is 0 Å². The Morgan fingerprint density at radius 1 is 1.47 bits per heavy atom. The van der Waals surface area contributed by atoms with E-state index < -0.39 is 11.7 Å². The monoisotopic (exact) mass is 206 g/mol. The van der Waals surface area contributed by atoms with Gasteiger partial charge in [0, 0.05) is 0 Å². The minimum atomic E-state index is -1.06. The van der Waals surface area contributed by atoms with Crippen LogP contribution in [-0.2, 0) is 0 Å². The molecule has 0 radical (unpaired) electrons. The van der Waals surface area contributed by atoms with E-state index in [1.165, 1.54) is 18.2 Å². The molecule has 2 rings (SSSR count). The van der Waals surface area contributed by atoms with Crippen LogP contribution in [0.1, 0.15) is 10.4 Å². The Labute approximate surface area is 83.0 Å². The summed E-state index contributed by atoms with van der Waals surface area (Å²) >= 11 is 0. The Bertz CT molecular complexity index is 557. The molecule has 2 N–H and O–H groups in total. The van der Waals surface area contributed by atoms with E-state index >= 15 is 0 Å². The largest absolute Gasteiger partial charge is 0.478 e. The predicted molar refractivity (Wildman–Crippen MR) is 48.9 cm³/mol. The van der Waals surface area contributed by atoms with Gasteiger partial charge in [-0.2, -0.15) is 4.68 Å². The number of rotatable bonds is 2. The lowest BCUT2D eigenvalue weighted by molar-refractivity contribution is 0.0697. The molecular weight excluding hydrogens is 200 g/mol. The van der Waals surface area contributed by atoms with Gasteiger partial charge in [0.05, 0.1) is 11.3 Å². The van der Waals surface area contributed by atoms with Gasteiger partial charge in [0.1, 0.15) is 0 Å². The lowest BCUT2D eigenvalue weighted by atomic mass is 10.2. The molecule has 0 saturated heterocycles. The summed E-state index contributed by atoms with van der Waals surface area (Å²) in [5, 5.41) is 17.7. The molecule has 1 aromatic carbocycles. The fourth-order valence-corrected chi connectivity index (χ4v) is 1.14. The molecule has 1 aromatic heterocycles. The minimum absolute atomic E-state index is 0.0856. The molecule has 0 amide bonds. The number of H-pyrrole nitrogens is 1. The molecule has 15 heavy (non-hydrogen) atoms. The van der Waals surface area contributed by atoms with Gasteiger partial charge in [0.25, 0.3) is 0 Å². The van der Waals surface area contributed by atoms with Crippen molar-refractivity contribution >= 4 is 5.97 Å². The van der Waals surface area contributed by atoms with E-state index in [-0.39, 0.29) is 5.56 Å². The molecule has 0 aliphatic rings. The minimum Gasteiger partial charge on any atom is -0.478 e. The van der Waals surface area contributed by atoms with Crippen LogP contribution in [0.5, 0.6) is 0 Å². The molecule has 7 heteroatoms. The fourth-order valence-electron chi connectivity index (χ4n) is 1.14. The second kappa shape index (κ2) is 3.37. The SMILES string of the molecule is O=C(O)c1cccc(-n2nn[nH]c2=O)c1. The maximum Gasteiger partial charge on any atom is 0.365 e. The lowest BCUT2D eigenvalue weighted by Gasteiger charge is -1.99. The Kier molecular flexibility index (Phi) is 2.05. The highest BCUT2D eigenvalue weighted by molar-refractivity contribution is 5.88. The van der Waals surface area contributed by atoms with Gasteiger partial charge >= 0.3 is 11.7 Å². The number of nitrogens with one attached hydrogen (secondary N) is 1. The fraction of sp³-hybridized carbons (Fsp3) is 0. The van der Waals surface area contributed by atoms with Crippen molar-refractivity contribution in [1.29, 1.82) is 0 Å². The summed E-state index contributed by atoms with van der Waals surface area (Å²) in [4.78, 5) is 21.8. The predicted octanol–water partition coefficient (Wildman–Crippen LogP) is -0.346. The quantitative estimate of drug-likeness (QED) is 0.699. The first-order valence-corrected chi connectivity index (χ1v) is 4.02. The van der Waals surface area contributed by atoms with Crippen molar-refractivity contribution < 1.29 is 9.90 Å². The molecule has 7 nitrogen and oxygen atoms in total. The lowest BCUT2D eigenvalue weighted by Crippen LogP contribution is -2.16. The highest BCUT2D eigenvalue weighted by Crippen LogP contribution is 2.06. The normalized spacial score (nSPS) is 10.1. The van der Waals surface area contributed by atoms with Crippen LogP contribution in [0.2, 0.25) is 0 Å². The van der Waals surface area contributed by atoms with Gasteiger partial charge < -0.3 is 5.11 Å². The van der Waals surface area contributed by atoms with Crippen LogP contribution in [0.15, 0.2) is 29.1 Å². The van der Waals surface area contributed by atoms with Crippen LogP contribution in [0, 0.1) is 0 Å². The summed E-state index contributed by atoms with van der Waals surface area (Å²) in [7, 11) is 0. The third-order valence-electron chi connectivity index (χ3n) is 1.81. The van der Waals surface area contributed by atoms with Gasteiger partial charge in [0.2, 0.25) is 0 Å². The van der Waals surface area contributed by atoms with Crippen molar-refractivity contribution in [3.05, 3.63) is 40.3 Å². The number of hydrogen-bond acceptors (Lipinski definition) is 4. The second-order valence-electron chi connectivity index (χ2n) is 2.77.